The number of methoxy groups -OCH3 is 1. The molecule has 0 bridgehead atoms. The number of halogens is 1. The van der Waals surface area contributed by atoms with E-state index in [9.17, 15) is 9.18 Å². The molecule has 0 aliphatic heterocycles. The van der Waals surface area contributed by atoms with Gasteiger partial charge in [-0.15, -0.1) is 10.2 Å². The molecular formula is C21H22FN3O3. The van der Waals surface area contributed by atoms with Gasteiger partial charge in [0, 0.05) is 32.0 Å². The number of rotatable bonds is 7. The predicted molar refractivity (Wildman–Crippen MR) is 102 cm³/mol. The first kappa shape index (κ1) is 19.5. The molecule has 6 nitrogen and oxygen atoms in total. The number of carbonyl (C=O) groups is 1. The van der Waals surface area contributed by atoms with E-state index in [2.05, 4.69) is 10.2 Å². The topological polar surface area (TPSA) is 68.5 Å². The van der Waals surface area contributed by atoms with Crippen LogP contribution < -0.4 is 4.74 Å². The Morgan fingerprint density at radius 2 is 1.93 bits per heavy atom. The van der Waals surface area contributed by atoms with Crippen molar-refractivity contribution < 1.29 is 18.3 Å². The second-order valence-electron chi connectivity index (χ2n) is 6.59. The lowest BCUT2D eigenvalue weighted by Crippen LogP contribution is -2.26. The largest absolute Gasteiger partial charge is 0.494 e. The second-order valence-corrected chi connectivity index (χ2v) is 6.59. The maximum absolute atomic E-state index is 13.8. The van der Waals surface area contributed by atoms with E-state index < -0.39 is 5.82 Å². The molecule has 0 saturated carbocycles. The molecule has 0 radical (unpaired) electrons. The van der Waals surface area contributed by atoms with Gasteiger partial charge in [-0.25, -0.2) is 4.39 Å². The standard InChI is InChI=1S/C21H22FN3O3/c1-14-4-7-16(8-5-14)21-24-23-19(28-21)10-11-20(26)25(2)13-15-6-9-18(27-3)17(22)12-15/h4-9,12H,10-11,13H2,1-3H3. The number of hydrogen-bond donors (Lipinski definition) is 0. The molecule has 146 valence electrons. The van der Waals surface area contributed by atoms with E-state index in [-0.39, 0.29) is 18.1 Å². The molecule has 2 aromatic carbocycles. The highest BCUT2D eigenvalue weighted by atomic mass is 19.1. The van der Waals surface area contributed by atoms with Crippen LogP contribution in [0.4, 0.5) is 4.39 Å². The molecule has 0 N–H and O–H groups in total. The van der Waals surface area contributed by atoms with Crippen molar-refractivity contribution in [3.8, 4) is 17.2 Å². The number of benzene rings is 2. The van der Waals surface area contributed by atoms with Crippen molar-refractivity contribution in [1.82, 2.24) is 15.1 Å². The van der Waals surface area contributed by atoms with Crippen molar-refractivity contribution in [1.29, 1.82) is 0 Å². The molecule has 0 spiro atoms. The summed E-state index contributed by atoms with van der Waals surface area (Å²) in [6.45, 7) is 2.31. The van der Waals surface area contributed by atoms with Crippen LogP contribution in [0.5, 0.6) is 5.75 Å². The fourth-order valence-corrected chi connectivity index (χ4v) is 2.74. The van der Waals surface area contributed by atoms with Crippen molar-refractivity contribution in [2.75, 3.05) is 14.2 Å². The maximum Gasteiger partial charge on any atom is 0.247 e. The van der Waals surface area contributed by atoms with E-state index in [1.165, 1.54) is 13.2 Å². The van der Waals surface area contributed by atoms with E-state index in [1.54, 1.807) is 24.1 Å². The number of nitrogens with zero attached hydrogens (tertiary/aromatic N) is 3. The number of carbonyl (C=O) groups excluding carboxylic acids is 1. The Kier molecular flexibility index (Phi) is 6.03. The van der Waals surface area contributed by atoms with Crippen LogP contribution in [-0.4, -0.2) is 35.2 Å². The zero-order valence-electron chi connectivity index (χ0n) is 16.1. The minimum atomic E-state index is -0.449. The summed E-state index contributed by atoms with van der Waals surface area (Å²) in [7, 11) is 3.09. The normalized spacial score (nSPS) is 10.7. The average molecular weight is 383 g/mol. The minimum Gasteiger partial charge on any atom is -0.494 e. The van der Waals surface area contributed by atoms with Gasteiger partial charge in [0.15, 0.2) is 11.6 Å². The van der Waals surface area contributed by atoms with Gasteiger partial charge in [0.2, 0.25) is 17.7 Å². The molecule has 0 saturated heterocycles. The van der Waals surface area contributed by atoms with Crippen LogP contribution in [0.1, 0.15) is 23.4 Å². The first-order valence-electron chi connectivity index (χ1n) is 8.92. The molecule has 1 amide bonds. The molecule has 3 aromatic rings. The average Bonchev–Trinajstić information content (AvgIpc) is 3.16. The lowest BCUT2D eigenvalue weighted by atomic mass is 10.1. The summed E-state index contributed by atoms with van der Waals surface area (Å²) in [6, 6.07) is 12.4. The van der Waals surface area contributed by atoms with Gasteiger partial charge in [0.1, 0.15) is 0 Å². The third kappa shape index (κ3) is 4.73. The van der Waals surface area contributed by atoms with E-state index in [0.29, 0.717) is 30.3 Å². The van der Waals surface area contributed by atoms with Crippen LogP contribution in [0.2, 0.25) is 0 Å². The fourth-order valence-electron chi connectivity index (χ4n) is 2.74. The van der Waals surface area contributed by atoms with Crippen molar-refractivity contribution in [2.24, 2.45) is 0 Å². The maximum atomic E-state index is 13.8. The summed E-state index contributed by atoms with van der Waals surface area (Å²) >= 11 is 0. The molecule has 1 heterocycles. The third-order valence-corrected chi connectivity index (χ3v) is 4.38. The molecule has 0 aliphatic carbocycles. The second kappa shape index (κ2) is 8.65. The van der Waals surface area contributed by atoms with E-state index in [0.717, 1.165) is 11.1 Å². The van der Waals surface area contributed by atoms with E-state index in [4.69, 9.17) is 9.15 Å². The number of ether oxygens (including phenoxy) is 1. The molecule has 3 rings (SSSR count). The van der Waals surface area contributed by atoms with Crippen LogP contribution in [0.15, 0.2) is 46.9 Å². The molecule has 0 atom stereocenters. The van der Waals surface area contributed by atoms with Crippen LogP contribution in [0.3, 0.4) is 0 Å². The predicted octanol–water partition coefficient (Wildman–Crippen LogP) is 3.78. The summed E-state index contributed by atoms with van der Waals surface area (Å²) in [5, 5.41) is 8.05. The quantitative estimate of drug-likeness (QED) is 0.621. The van der Waals surface area contributed by atoms with Crippen LogP contribution in [0.25, 0.3) is 11.5 Å². The summed E-state index contributed by atoms with van der Waals surface area (Å²) in [5.74, 6) is 0.484. The van der Waals surface area contributed by atoms with Gasteiger partial charge >= 0.3 is 0 Å². The van der Waals surface area contributed by atoms with Crippen LogP contribution in [-0.2, 0) is 17.8 Å². The van der Waals surface area contributed by atoms with Gasteiger partial charge in [0.05, 0.1) is 7.11 Å². The van der Waals surface area contributed by atoms with Gasteiger partial charge in [-0.05, 0) is 36.8 Å². The van der Waals surface area contributed by atoms with Gasteiger partial charge in [-0.3, -0.25) is 4.79 Å². The number of amides is 1. The Morgan fingerprint density at radius 3 is 2.61 bits per heavy atom. The first-order valence-corrected chi connectivity index (χ1v) is 8.92. The lowest BCUT2D eigenvalue weighted by Gasteiger charge is -2.17. The first-order chi connectivity index (χ1) is 13.5. The van der Waals surface area contributed by atoms with Crippen molar-refractivity contribution in [2.45, 2.75) is 26.3 Å². The Morgan fingerprint density at radius 1 is 1.18 bits per heavy atom. The molecule has 0 fully saturated rings. The highest BCUT2D eigenvalue weighted by molar-refractivity contribution is 5.76. The zero-order valence-corrected chi connectivity index (χ0v) is 16.1. The Balaban J connectivity index is 1.55. The fraction of sp³-hybridized carbons (Fsp3) is 0.286. The Labute approximate surface area is 163 Å². The molecule has 7 heteroatoms. The van der Waals surface area contributed by atoms with Crippen molar-refractivity contribution in [3.05, 3.63) is 65.3 Å². The van der Waals surface area contributed by atoms with Gasteiger partial charge < -0.3 is 14.1 Å². The van der Waals surface area contributed by atoms with Gasteiger partial charge in [-0.2, -0.15) is 0 Å². The summed E-state index contributed by atoms with van der Waals surface area (Å²) in [5.41, 5.74) is 2.68. The van der Waals surface area contributed by atoms with Gasteiger partial charge in [-0.1, -0.05) is 23.8 Å². The molecule has 28 heavy (non-hydrogen) atoms. The van der Waals surface area contributed by atoms with E-state index in [1.807, 2.05) is 31.2 Å². The number of hydrogen-bond acceptors (Lipinski definition) is 5. The Bertz CT molecular complexity index is 954. The minimum absolute atomic E-state index is 0.0914. The SMILES string of the molecule is COc1ccc(CN(C)C(=O)CCc2nnc(-c3ccc(C)cc3)o2)cc1F. The smallest absolute Gasteiger partial charge is 0.247 e. The van der Waals surface area contributed by atoms with Crippen molar-refractivity contribution >= 4 is 5.91 Å². The summed E-state index contributed by atoms with van der Waals surface area (Å²) in [4.78, 5) is 13.9. The zero-order chi connectivity index (χ0) is 20.1. The number of aryl methyl sites for hydroxylation is 2. The Hall–Kier alpha value is -3.22. The van der Waals surface area contributed by atoms with Crippen LogP contribution >= 0.6 is 0 Å². The third-order valence-electron chi connectivity index (χ3n) is 4.38. The van der Waals surface area contributed by atoms with Gasteiger partial charge in [0.25, 0.3) is 0 Å². The molecule has 1 aromatic heterocycles. The molecule has 0 unspecified atom stereocenters. The summed E-state index contributed by atoms with van der Waals surface area (Å²) < 4.78 is 24.3. The highest BCUT2D eigenvalue weighted by Crippen LogP contribution is 2.20. The molecular weight excluding hydrogens is 361 g/mol. The van der Waals surface area contributed by atoms with Crippen molar-refractivity contribution in [3.63, 3.8) is 0 Å². The van der Waals surface area contributed by atoms with Crippen LogP contribution in [0, 0.1) is 12.7 Å². The van der Waals surface area contributed by atoms with E-state index >= 15 is 0 Å². The molecule has 0 aliphatic rings. The summed E-state index contributed by atoms with van der Waals surface area (Å²) in [6.07, 6.45) is 0.573. The lowest BCUT2D eigenvalue weighted by molar-refractivity contribution is -0.130. The highest BCUT2D eigenvalue weighted by Gasteiger charge is 2.14. The monoisotopic (exact) mass is 383 g/mol. The number of aromatic nitrogens is 2.